The van der Waals surface area contributed by atoms with Crippen LogP contribution in [0.4, 0.5) is 5.69 Å². The number of benzene rings is 1. The Morgan fingerprint density at radius 1 is 1.17 bits per heavy atom. The Balaban J connectivity index is 1.60. The van der Waals surface area contributed by atoms with E-state index in [1.54, 1.807) is 30.1 Å². The zero-order chi connectivity index (χ0) is 20.0. The predicted octanol–water partition coefficient (Wildman–Crippen LogP) is 4.37. The number of nitro benzene ring substituents is 1. The molecule has 3 aromatic rings. The minimum atomic E-state index is -0.362. The molecular formula is C21H19N5O2S. The van der Waals surface area contributed by atoms with Gasteiger partial charge >= 0.3 is 0 Å². The molecule has 0 bridgehead atoms. The number of aromatic nitrogens is 2. The molecule has 0 N–H and O–H groups in total. The molecule has 0 radical (unpaired) electrons. The van der Waals surface area contributed by atoms with E-state index in [4.69, 9.17) is 4.99 Å². The molecule has 0 saturated carbocycles. The number of hydrogen-bond acceptors (Lipinski definition) is 6. The van der Waals surface area contributed by atoms with Crippen LogP contribution in [0.3, 0.4) is 0 Å². The summed E-state index contributed by atoms with van der Waals surface area (Å²) >= 11 is 1.79. The number of nitrogens with zero attached hydrogens (tertiary/aromatic N) is 5. The lowest BCUT2D eigenvalue weighted by molar-refractivity contribution is -0.384. The second kappa shape index (κ2) is 7.04. The molecule has 5 rings (SSSR count). The van der Waals surface area contributed by atoms with Crippen LogP contribution in [0.5, 0.6) is 0 Å². The van der Waals surface area contributed by atoms with Gasteiger partial charge < -0.3 is 9.47 Å². The van der Waals surface area contributed by atoms with E-state index in [-0.39, 0.29) is 22.7 Å². The largest absolute Gasteiger partial charge is 0.339 e. The minimum Gasteiger partial charge on any atom is -0.339 e. The molecule has 0 aliphatic carbocycles. The lowest BCUT2D eigenvalue weighted by atomic mass is 10.0. The van der Waals surface area contributed by atoms with E-state index in [0.717, 1.165) is 28.8 Å². The molecule has 1 saturated heterocycles. The molecule has 2 aliphatic rings. The number of aliphatic imine (C=N–C) groups is 1. The van der Waals surface area contributed by atoms with Crippen LogP contribution >= 0.6 is 11.8 Å². The molecule has 4 heterocycles. The zero-order valence-electron chi connectivity index (χ0n) is 15.8. The van der Waals surface area contributed by atoms with E-state index in [2.05, 4.69) is 22.9 Å². The number of thioether (sulfide) groups is 1. The summed E-state index contributed by atoms with van der Waals surface area (Å²) in [5.41, 5.74) is 2.83. The van der Waals surface area contributed by atoms with Gasteiger partial charge in [-0.3, -0.25) is 20.1 Å². The van der Waals surface area contributed by atoms with Crippen LogP contribution in [0, 0.1) is 10.1 Å². The van der Waals surface area contributed by atoms with E-state index in [9.17, 15) is 10.1 Å². The number of rotatable bonds is 4. The Bertz CT molecular complexity index is 1100. The molecule has 3 atom stereocenters. The van der Waals surface area contributed by atoms with Gasteiger partial charge in [-0.1, -0.05) is 30.8 Å². The van der Waals surface area contributed by atoms with Gasteiger partial charge in [0.2, 0.25) is 0 Å². The maximum absolute atomic E-state index is 11.2. The first-order valence-corrected chi connectivity index (χ1v) is 10.3. The summed E-state index contributed by atoms with van der Waals surface area (Å²) in [6.45, 7) is 3.12. The highest BCUT2D eigenvalue weighted by Gasteiger charge is 2.44. The summed E-state index contributed by atoms with van der Waals surface area (Å²) < 4.78 is 2.03. The van der Waals surface area contributed by atoms with Crippen molar-refractivity contribution < 1.29 is 4.92 Å². The van der Waals surface area contributed by atoms with Crippen molar-refractivity contribution in [2.75, 3.05) is 6.54 Å². The fraction of sp³-hybridized carbons (Fsp3) is 0.238. The number of pyridine rings is 1. The van der Waals surface area contributed by atoms with Crippen LogP contribution in [0.2, 0.25) is 0 Å². The monoisotopic (exact) mass is 405 g/mol. The fourth-order valence-corrected chi connectivity index (χ4v) is 5.16. The maximum Gasteiger partial charge on any atom is 0.271 e. The van der Waals surface area contributed by atoms with Gasteiger partial charge in [-0.05, 0) is 30.3 Å². The average molecular weight is 405 g/mol. The first-order chi connectivity index (χ1) is 14.1. The van der Waals surface area contributed by atoms with Gasteiger partial charge in [0.25, 0.3) is 5.69 Å². The Morgan fingerprint density at radius 3 is 2.86 bits per heavy atom. The van der Waals surface area contributed by atoms with Crippen molar-refractivity contribution in [1.29, 1.82) is 0 Å². The molecule has 0 unspecified atom stereocenters. The molecule has 7 nitrogen and oxygen atoms in total. The normalized spacial score (nSPS) is 23.1. The van der Waals surface area contributed by atoms with Crippen LogP contribution in [0.1, 0.15) is 30.4 Å². The van der Waals surface area contributed by atoms with E-state index in [1.165, 1.54) is 6.07 Å². The van der Waals surface area contributed by atoms with E-state index < -0.39 is 0 Å². The predicted molar refractivity (Wildman–Crippen MR) is 113 cm³/mol. The van der Waals surface area contributed by atoms with Crippen LogP contribution in [0.15, 0.2) is 72.0 Å². The highest BCUT2D eigenvalue weighted by Crippen LogP contribution is 2.47. The van der Waals surface area contributed by atoms with E-state index in [1.807, 2.05) is 41.1 Å². The van der Waals surface area contributed by atoms with Gasteiger partial charge in [0.15, 0.2) is 5.17 Å². The van der Waals surface area contributed by atoms with Gasteiger partial charge in [0.1, 0.15) is 6.04 Å². The van der Waals surface area contributed by atoms with Crippen molar-refractivity contribution in [2.24, 2.45) is 4.99 Å². The topological polar surface area (TPSA) is 76.6 Å². The minimum absolute atomic E-state index is 0.00777. The Labute approximate surface area is 172 Å². The number of fused-ring (bicyclic) bond motifs is 1. The van der Waals surface area contributed by atoms with Gasteiger partial charge in [-0.2, -0.15) is 0 Å². The summed E-state index contributed by atoms with van der Waals surface area (Å²) in [7, 11) is 0. The molecule has 0 spiro atoms. The summed E-state index contributed by atoms with van der Waals surface area (Å²) in [5, 5.41) is 12.8. The van der Waals surface area contributed by atoms with Crippen LogP contribution in [0.25, 0.3) is 5.69 Å². The van der Waals surface area contributed by atoms with E-state index >= 15 is 0 Å². The number of nitro groups is 1. The molecule has 2 aliphatic heterocycles. The molecular weight excluding hydrogens is 386 g/mol. The SMILES string of the molecule is C[C@@H]1CN2C(=N[C@@H](c3ccccn3)[C@H]2c2cccn2-c2cccc([N+](=O)[O-])c2)S1. The highest BCUT2D eigenvalue weighted by molar-refractivity contribution is 8.14. The number of hydrogen-bond donors (Lipinski definition) is 0. The van der Waals surface area contributed by atoms with Gasteiger partial charge in [0, 0.05) is 42.0 Å². The van der Waals surface area contributed by atoms with Crippen molar-refractivity contribution in [3.8, 4) is 5.69 Å². The standard InChI is InChI=1S/C21H19N5O2S/c1-14-13-25-20(19(23-21(25)29-14)17-8-2-3-10-22-17)18-9-5-11-24(18)15-6-4-7-16(12-15)26(27)28/h2-12,14,19-20H,13H2,1H3/t14-,19+,20-/m1/s1. The molecule has 8 heteroatoms. The molecule has 0 amide bonds. The lowest BCUT2D eigenvalue weighted by Gasteiger charge is -2.28. The van der Waals surface area contributed by atoms with Gasteiger partial charge in [-0.25, -0.2) is 0 Å². The Morgan fingerprint density at radius 2 is 2.07 bits per heavy atom. The average Bonchev–Trinajstić information content (AvgIpc) is 3.42. The van der Waals surface area contributed by atoms with Crippen molar-refractivity contribution >= 4 is 22.6 Å². The Hall–Kier alpha value is -3.13. The number of amidine groups is 1. The first kappa shape index (κ1) is 17.9. The molecule has 29 heavy (non-hydrogen) atoms. The zero-order valence-corrected chi connectivity index (χ0v) is 16.6. The molecule has 1 aromatic carbocycles. The molecule has 1 fully saturated rings. The third-order valence-electron chi connectivity index (χ3n) is 5.28. The van der Waals surface area contributed by atoms with E-state index in [0.29, 0.717) is 5.25 Å². The quantitative estimate of drug-likeness (QED) is 0.476. The molecule has 2 aromatic heterocycles. The summed E-state index contributed by atoms with van der Waals surface area (Å²) in [6, 6.07) is 16.6. The van der Waals surface area contributed by atoms with Crippen molar-refractivity contribution in [2.45, 2.75) is 24.3 Å². The number of non-ortho nitro benzene ring substituents is 1. The van der Waals surface area contributed by atoms with Crippen molar-refractivity contribution in [3.63, 3.8) is 0 Å². The van der Waals surface area contributed by atoms with Crippen LogP contribution < -0.4 is 0 Å². The fourth-order valence-electron chi connectivity index (χ4n) is 4.06. The first-order valence-electron chi connectivity index (χ1n) is 9.46. The summed E-state index contributed by atoms with van der Waals surface area (Å²) in [6.07, 6.45) is 3.75. The summed E-state index contributed by atoms with van der Waals surface area (Å²) in [5.74, 6) is 0. The van der Waals surface area contributed by atoms with Gasteiger partial charge in [-0.15, -0.1) is 0 Å². The van der Waals surface area contributed by atoms with Crippen LogP contribution in [-0.4, -0.2) is 36.3 Å². The third kappa shape index (κ3) is 3.09. The summed E-state index contributed by atoms with van der Waals surface area (Å²) in [4.78, 5) is 22.8. The van der Waals surface area contributed by atoms with Crippen molar-refractivity contribution in [1.82, 2.24) is 14.5 Å². The maximum atomic E-state index is 11.2. The second-order valence-electron chi connectivity index (χ2n) is 7.22. The molecule has 146 valence electrons. The highest BCUT2D eigenvalue weighted by atomic mass is 32.2. The smallest absolute Gasteiger partial charge is 0.271 e. The van der Waals surface area contributed by atoms with Crippen LogP contribution in [-0.2, 0) is 0 Å². The third-order valence-corrected chi connectivity index (χ3v) is 6.39. The second-order valence-corrected chi connectivity index (χ2v) is 8.62. The Kier molecular flexibility index (Phi) is 4.35. The van der Waals surface area contributed by atoms with Gasteiger partial charge in [0.05, 0.1) is 22.3 Å². The van der Waals surface area contributed by atoms with Crippen molar-refractivity contribution in [3.05, 3.63) is 88.5 Å². The lowest BCUT2D eigenvalue weighted by Crippen LogP contribution is -2.30.